The lowest BCUT2D eigenvalue weighted by Crippen LogP contribution is -2.60. The molecule has 2 saturated carbocycles. The lowest BCUT2D eigenvalue weighted by molar-refractivity contribution is -0.244. The summed E-state index contributed by atoms with van der Waals surface area (Å²) in [5, 5.41) is 5.08. The van der Waals surface area contributed by atoms with Crippen LogP contribution in [0.15, 0.2) is 30.4 Å². The topological polar surface area (TPSA) is 181 Å². The number of ether oxygens (including phenoxy) is 2. The van der Waals surface area contributed by atoms with E-state index in [1.54, 1.807) is 19.1 Å². The van der Waals surface area contributed by atoms with Crippen molar-refractivity contribution in [3.8, 4) is 0 Å². The highest BCUT2D eigenvalue weighted by Crippen LogP contribution is 2.48. The van der Waals surface area contributed by atoms with Gasteiger partial charge in [-0.15, -0.1) is 0 Å². The Hall–Kier alpha value is -4.42. The van der Waals surface area contributed by atoms with Crippen LogP contribution in [-0.2, 0) is 47.0 Å². The predicted octanol–water partition coefficient (Wildman–Crippen LogP) is 4.96. The van der Waals surface area contributed by atoms with Gasteiger partial charge in [0.2, 0.25) is 27.4 Å². The van der Waals surface area contributed by atoms with Crippen molar-refractivity contribution >= 4 is 39.9 Å². The summed E-state index contributed by atoms with van der Waals surface area (Å²) in [5.41, 5.74) is -3.73. The van der Waals surface area contributed by atoms with E-state index in [9.17, 15) is 50.0 Å². The van der Waals surface area contributed by atoms with Crippen molar-refractivity contribution in [2.75, 3.05) is 6.54 Å². The van der Waals surface area contributed by atoms with E-state index < -0.39 is 97.8 Å². The molecule has 1 saturated heterocycles. The van der Waals surface area contributed by atoms with Crippen molar-refractivity contribution in [2.45, 2.75) is 139 Å². The number of benzene rings is 1. The maximum atomic E-state index is 14.8. The number of nitrogens with zero attached hydrogens (tertiary/aromatic N) is 2. The molecule has 0 radical (unpaired) electrons. The van der Waals surface area contributed by atoms with Crippen LogP contribution in [0.4, 0.5) is 27.2 Å². The van der Waals surface area contributed by atoms with E-state index in [4.69, 9.17) is 9.47 Å². The molecule has 19 heteroatoms. The van der Waals surface area contributed by atoms with Gasteiger partial charge in [0.15, 0.2) is 0 Å². The van der Waals surface area contributed by atoms with Gasteiger partial charge in [-0.25, -0.2) is 22.4 Å². The highest BCUT2D eigenvalue weighted by molar-refractivity contribution is 7.91. The Morgan fingerprint density at radius 1 is 1.09 bits per heavy atom. The third-order valence-electron chi connectivity index (χ3n) is 12.4. The number of alkyl carbamates (subject to hydrolysis) is 1. The molecule has 7 atom stereocenters. The SMILES string of the molecule is CCC1CC(C)CCC=CC2CC2(C(=O)NS(=O)(=O)C2(C)CC2)NC(=O)C2CC(OC(=O)N3Cc4cccc(F)c4C3)CN2C(=O)C1NC(=O)OC(C)(C)C(F)(F)F. The minimum absolute atomic E-state index is 0.0401. The van der Waals surface area contributed by atoms with Gasteiger partial charge >= 0.3 is 18.4 Å². The number of fused-ring (bicyclic) bond motifs is 3. The molecule has 14 nitrogen and oxygen atoms in total. The van der Waals surface area contributed by atoms with E-state index in [2.05, 4.69) is 15.4 Å². The van der Waals surface area contributed by atoms with Crippen LogP contribution in [0.2, 0.25) is 0 Å². The number of carbonyl (C=O) groups is 5. The summed E-state index contributed by atoms with van der Waals surface area (Å²) < 4.78 is 93.6. The van der Waals surface area contributed by atoms with Gasteiger partial charge in [-0.3, -0.25) is 24.0 Å². The van der Waals surface area contributed by atoms with Crippen molar-refractivity contribution < 1.29 is 59.4 Å². The third kappa shape index (κ3) is 8.64. The van der Waals surface area contributed by atoms with Crippen molar-refractivity contribution in [3.05, 3.63) is 47.3 Å². The number of sulfonamides is 1. The van der Waals surface area contributed by atoms with Gasteiger partial charge < -0.3 is 25.0 Å². The molecule has 320 valence electrons. The Morgan fingerprint density at radius 3 is 2.43 bits per heavy atom. The smallest absolute Gasteiger partial charge is 0.427 e. The molecule has 7 unspecified atom stereocenters. The van der Waals surface area contributed by atoms with Crippen LogP contribution in [-0.4, -0.2) is 94.9 Å². The molecule has 0 spiro atoms. The summed E-state index contributed by atoms with van der Waals surface area (Å²) >= 11 is 0. The fraction of sp³-hybridized carbons (Fsp3) is 0.667. The Morgan fingerprint density at radius 2 is 1.79 bits per heavy atom. The second kappa shape index (κ2) is 15.6. The molecule has 5 aliphatic rings. The fourth-order valence-electron chi connectivity index (χ4n) is 7.99. The Labute approximate surface area is 334 Å². The summed E-state index contributed by atoms with van der Waals surface area (Å²) in [6.07, 6.45) is -2.69. The molecule has 0 bridgehead atoms. The second-order valence-corrected chi connectivity index (χ2v) is 19.4. The quantitative estimate of drug-likeness (QED) is 0.253. The van der Waals surface area contributed by atoms with Crippen LogP contribution in [0, 0.1) is 23.6 Å². The molecule has 6 rings (SSSR count). The average Bonchev–Trinajstić information content (AvgIpc) is 3.92. The number of allylic oxidation sites excluding steroid dienone is 1. The van der Waals surface area contributed by atoms with Crippen molar-refractivity contribution in [2.24, 2.45) is 17.8 Å². The van der Waals surface area contributed by atoms with E-state index in [-0.39, 0.29) is 44.8 Å². The first-order chi connectivity index (χ1) is 27.0. The van der Waals surface area contributed by atoms with Gasteiger partial charge in [0, 0.05) is 24.4 Å². The van der Waals surface area contributed by atoms with Crippen LogP contribution in [0.1, 0.15) is 97.1 Å². The minimum atomic E-state index is -4.95. The van der Waals surface area contributed by atoms with Gasteiger partial charge in [0.05, 0.1) is 17.8 Å². The standard InChI is InChI=1S/C39H51F4N5O9S/c1-6-23-16-22(2)10-7-8-12-25-18-38(25,33(51)46-58(54,55)37(5)14-15-37)45-31(49)29-17-26(56-35(53)47-19-24-11-9-13-28(40)27(24)21-47)20-48(29)32(50)30(23)44-34(52)57-36(3,4)39(41,42)43/h8-9,11-13,22-23,25-26,29-30H,6-7,10,14-21H2,1-5H3,(H,44,52)(H,45,49)(H,46,51). The minimum Gasteiger partial charge on any atom is -0.444 e. The number of amides is 5. The van der Waals surface area contributed by atoms with E-state index >= 15 is 0 Å². The molecule has 3 heterocycles. The van der Waals surface area contributed by atoms with Crippen LogP contribution in [0.25, 0.3) is 0 Å². The van der Waals surface area contributed by atoms with Crippen LogP contribution >= 0.6 is 0 Å². The molecule has 3 N–H and O–H groups in total. The van der Waals surface area contributed by atoms with E-state index in [0.717, 1.165) is 4.90 Å². The summed E-state index contributed by atoms with van der Waals surface area (Å²) in [4.78, 5) is 72.0. The molecule has 3 aliphatic heterocycles. The van der Waals surface area contributed by atoms with Gasteiger partial charge in [0.25, 0.3) is 5.91 Å². The molecule has 3 fully saturated rings. The number of nitrogens with one attached hydrogen (secondary N) is 3. The van der Waals surface area contributed by atoms with Gasteiger partial charge in [-0.05, 0) is 82.8 Å². The molecular weight excluding hydrogens is 791 g/mol. The van der Waals surface area contributed by atoms with Gasteiger partial charge in [0.1, 0.15) is 29.5 Å². The van der Waals surface area contributed by atoms with Crippen LogP contribution in [0.5, 0.6) is 0 Å². The number of hydrogen-bond acceptors (Lipinski definition) is 9. The Bertz CT molecular complexity index is 1970. The van der Waals surface area contributed by atoms with Crippen LogP contribution < -0.4 is 15.4 Å². The summed E-state index contributed by atoms with van der Waals surface area (Å²) in [6, 6.07) is 1.50. The lowest BCUT2D eigenvalue weighted by atomic mass is 9.85. The molecular formula is C39H51F4N5O9S. The maximum absolute atomic E-state index is 14.8. The Kier molecular flexibility index (Phi) is 11.6. The number of alkyl halides is 3. The second-order valence-electron chi connectivity index (χ2n) is 17.2. The van der Waals surface area contributed by atoms with Crippen LogP contribution in [0.3, 0.4) is 0 Å². The first-order valence-corrected chi connectivity index (χ1v) is 21.1. The summed E-state index contributed by atoms with van der Waals surface area (Å²) in [7, 11) is -4.11. The normalized spacial score (nSPS) is 29.8. The van der Waals surface area contributed by atoms with Crippen molar-refractivity contribution in [1.82, 2.24) is 25.2 Å². The van der Waals surface area contributed by atoms with E-state index in [1.807, 2.05) is 13.0 Å². The molecule has 0 aromatic heterocycles. The molecule has 1 aromatic rings. The monoisotopic (exact) mass is 841 g/mol. The third-order valence-corrected chi connectivity index (χ3v) is 14.5. The molecule has 1 aromatic carbocycles. The summed E-state index contributed by atoms with van der Waals surface area (Å²) in [6.45, 7) is 6.07. The number of halogens is 4. The van der Waals surface area contributed by atoms with Gasteiger partial charge in [-0.2, -0.15) is 13.2 Å². The number of carbonyl (C=O) groups excluding carboxylic acids is 5. The van der Waals surface area contributed by atoms with E-state index in [1.165, 1.54) is 24.0 Å². The number of hydrogen-bond donors (Lipinski definition) is 3. The number of rotatable bonds is 7. The molecule has 5 amide bonds. The zero-order chi connectivity index (χ0) is 42.6. The van der Waals surface area contributed by atoms with Crippen molar-refractivity contribution in [1.29, 1.82) is 0 Å². The van der Waals surface area contributed by atoms with Gasteiger partial charge in [-0.1, -0.05) is 44.6 Å². The van der Waals surface area contributed by atoms with E-state index in [0.29, 0.717) is 57.1 Å². The largest absolute Gasteiger partial charge is 0.444 e. The molecule has 2 aliphatic carbocycles. The first-order valence-electron chi connectivity index (χ1n) is 19.6. The first kappa shape index (κ1) is 43.2. The zero-order valence-corrected chi connectivity index (χ0v) is 33.9. The van der Waals surface area contributed by atoms with Crippen molar-refractivity contribution in [3.63, 3.8) is 0 Å². The lowest BCUT2D eigenvalue weighted by Gasteiger charge is -2.35. The summed E-state index contributed by atoms with van der Waals surface area (Å²) in [5.74, 6) is -4.50. The average molecular weight is 842 g/mol. The highest BCUT2D eigenvalue weighted by atomic mass is 32.2. The fourth-order valence-corrected chi connectivity index (χ4v) is 9.30. The predicted molar refractivity (Wildman–Crippen MR) is 199 cm³/mol. The molecule has 58 heavy (non-hydrogen) atoms. The maximum Gasteiger partial charge on any atom is 0.427 e. The zero-order valence-electron chi connectivity index (χ0n) is 33.1. The highest BCUT2D eigenvalue weighted by Gasteiger charge is 2.63. The Balaban J connectivity index is 1.32.